The normalized spacial score (nSPS) is 13.4. The maximum absolute atomic E-state index is 12.5. The Bertz CT molecular complexity index is 403. The molecule has 0 fully saturated rings. The molecule has 0 saturated carbocycles. The van der Waals surface area contributed by atoms with Gasteiger partial charge in [0.05, 0.1) is 17.2 Å². The molecule has 0 saturated heterocycles. The van der Waals surface area contributed by atoms with Crippen molar-refractivity contribution in [3.05, 3.63) is 48.0 Å². The monoisotopic (exact) mass is 300 g/mol. The number of rotatable bonds is 2. The smallest absolute Gasteiger partial charge is 0.377 e. The van der Waals surface area contributed by atoms with E-state index in [0.717, 1.165) is 0 Å². The van der Waals surface area contributed by atoms with Crippen molar-refractivity contribution < 1.29 is 31.1 Å². The van der Waals surface area contributed by atoms with Gasteiger partial charge in [0.25, 0.3) is 0 Å². The number of halogens is 6. The summed E-state index contributed by atoms with van der Waals surface area (Å²) in [6.07, 6.45) is -10.5. The van der Waals surface area contributed by atoms with Crippen molar-refractivity contribution in [2.45, 2.75) is 25.4 Å². The molecule has 0 spiro atoms. The van der Waals surface area contributed by atoms with Crippen LogP contribution in [0.4, 0.5) is 26.3 Å². The summed E-state index contributed by atoms with van der Waals surface area (Å²) in [6.45, 7) is 7.37. The molecule has 0 aliphatic carbocycles. The maximum Gasteiger partial charge on any atom is 0.416 e. The third-order valence-electron chi connectivity index (χ3n) is 2.43. The quantitative estimate of drug-likeness (QED) is 0.536. The Kier molecular flexibility index (Phi) is 6.28. The second-order valence-electron chi connectivity index (χ2n) is 3.72. The molecule has 1 aromatic rings. The summed E-state index contributed by atoms with van der Waals surface area (Å²) in [7, 11) is 1.21. The highest BCUT2D eigenvalue weighted by Gasteiger charge is 2.37. The van der Waals surface area contributed by atoms with Crippen molar-refractivity contribution in [3.63, 3.8) is 0 Å². The second-order valence-corrected chi connectivity index (χ2v) is 3.72. The van der Waals surface area contributed by atoms with Crippen LogP contribution in [0.1, 0.15) is 29.7 Å². The van der Waals surface area contributed by atoms with Gasteiger partial charge < -0.3 is 4.74 Å². The first-order valence-electron chi connectivity index (χ1n) is 5.38. The van der Waals surface area contributed by atoms with Crippen LogP contribution in [0, 0.1) is 0 Å². The molecule has 1 aromatic carbocycles. The standard InChI is InChI=1S/C11H10F6O.C2H4/c1-6(18-2)7-3-8(10(12,13)14)5-9(4-7)11(15,16)17;1-2/h3-6H,1-2H3;1-2H2/t6-;/m1./s1. The molecule has 7 heteroatoms. The SMILES string of the molecule is C=C.CO[C@H](C)c1cc(C(F)(F)F)cc(C(F)(F)F)c1. The van der Waals surface area contributed by atoms with E-state index in [1.165, 1.54) is 14.0 Å². The zero-order valence-corrected chi connectivity index (χ0v) is 10.9. The largest absolute Gasteiger partial charge is 0.416 e. The van der Waals surface area contributed by atoms with Gasteiger partial charge in [0.15, 0.2) is 0 Å². The summed E-state index contributed by atoms with van der Waals surface area (Å²) in [6, 6.07) is 1.40. The average molecular weight is 300 g/mol. The summed E-state index contributed by atoms with van der Waals surface area (Å²) >= 11 is 0. The molecule has 0 heterocycles. The molecule has 0 aromatic heterocycles. The van der Waals surface area contributed by atoms with E-state index < -0.39 is 29.6 Å². The van der Waals surface area contributed by atoms with Gasteiger partial charge in [-0.3, -0.25) is 0 Å². The van der Waals surface area contributed by atoms with E-state index >= 15 is 0 Å². The van der Waals surface area contributed by atoms with E-state index in [2.05, 4.69) is 13.2 Å². The van der Waals surface area contributed by atoms with E-state index in [0.29, 0.717) is 12.1 Å². The minimum absolute atomic E-state index is 0.0892. The molecule has 1 rings (SSSR count). The minimum atomic E-state index is -4.83. The van der Waals surface area contributed by atoms with Crippen molar-refractivity contribution in [3.8, 4) is 0 Å². The fourth-order valence-electron chi connectivity index (χ4n) is 1.35. The Morgan fingerprint density at radius 2 is 1.25 bits per heavy atom. The number of benzene rings is 1. The zero-order valence-electron chi connectivity index (χ0n) is 10.9. The fourth-order valence-corrected chi connectivity index (χ4v) is 1.35. The molecular weight excluding hydrogens is 286 g/mol. The van der Waals surface area contributed by atoms with Crippen molar-refractivity contribution in [1.29, 1.82) is 0 Å². The van der Waals surface area contributed by atoms with E-state index in [1.807, 2.05) is 0 Å². The molecule has 20 heavy (non-hydrogen) atoms. The third-order valence-corrected chi connectivity index (χ3v) is 2.43. The van der Waals surface area contributed by atoms with Gasteiger partial charge in [-0.05, 0) is 30.7 Å². The number of alkyl halides is 6. The van der Waals surface area contributed by atoms with Crippen molar-refractivity contribution in [2.75, 3.05) is 7.11 Å². The van der Waals surface area contributed by atoms with Crippen molar-refractivity contribution in [1.82, 2.24) is 0 Å². The van der Waals surface area contributed by atoms with Gasteiger partial charge in [-0.15, -0.1) is 13.2 Å². The molecule has 0 radical (unpaired) electrons. The lowest BCUT2D eigenvalue weighted by atomic mass is 10.0. The molecule has 114 valence electrons. The summed E-state index contributed by atoms with van der Waals surface area (Å²) < 4.78 is 79.7. The van der Waals surface area contributed by atoms with Crippen LogP contribution in [0.2, 0.25) is 0 Å². The predicted octanol–water partition coefficient (Wildman–Crippen LogP) is 5.23. The lowest BCUT2D eigenvalue weighted by Gasteiger charge is -2.17. The molecule has 0 bridgehead atoms. The molecule has 0 amide bonds. The van der Waals surface area contributed by atoms with Crippen LogP contribution in [0.25, 0.3) is 0 Å². The predicted molar refractivity (Wildman–Crippen MR) is 63.1 cm³/mol. The maximum atomic E-state index is 12.5. The van der Waals surface area contributed by atoms with E-state index in [4.69, 9.17) is 4.74 Å². The third kappa shape index (κ3) is 4.88. The number of hydrogen-bond acceptors (Lipinski definition) is 1. The van der Waals surface area contributed by atoms with Crippen LogP contribution in [0.15, 0.2) is 31.4 Å². The van der Waals surface area contributed by atoms with Gasteiger partial charge in [0.2, 0.25) is 0 Å². The highest BCUT2D eigenvalue weighted by atomic mass is 19.4. The van der Waals surface area contributed by atoms with Gasteiger partial charge in [0, 0.05) is 7.11 Å². The van der Waals surface area contributed by atoms with Crippen LogP contribution in [0.3, 0.4) is 0 Å². The van der Waals surface area contributed by atoms with Crippen LogP contribution in [0.5, 0.6) is 0 Å². The lowest BCUT2D eigenvalue weighted by molar-refractivity contribution is -0.143. The molecule has 1 nitrogen and oxygen atoms in total. The first-order chi connectivity index (χ1) is 9.05. The second kappa shape index (κ2) is 6.78. The van der Waals surface area contributed by atoms with Crippen LogP contribution in [-0.2, 0) is 17.1 Å². The number of hydrogen-bond donors (Lipinski definition) is 0. The number of methoxy groups -OCH3 is 1. The van der Waals surface area contributed by atoms with Crippen LogP contribution < -0.4 is 0 Å². The minimum Gasteiger partial charge on any atom is -0.377 e. The molecule has 0 unspecified atom stereocenters. The van der Waals surface area contributed by atoms with Crippen molar-refractivity contribution in [2.24, 2.45) is 0 Å². The summed E-state index contributed by atoms with van der Waals surface area (Å²) in [4.78, 5) is 0. The average Bonchev–Trinajstić information content (AvgIpc) is 2.37. The first kappa shape index (κ1) is 18.5. The molecule has 0 aliphatic heterocycles. The van der Waals surface area contributed by atoms with E-state index in [1.54, 1.807) is 0 Å². The van der Waals surface area contributed by atoms with Gasteiger partial charge in [-0.2, -0.15) is 26.3 Å². The molecule has 0 N–H and O–H groups in total. The zero-order chi connectivity index (χ0) is 16.1. The van der Waals surface area contributed by atoms with E-state index in [9.17, 15) is 26.3 Å². The topological polar surface area (TPSA) is 9.23 Å². The molecule has 1 atom stereocenters. The van der Waals surface area contributed by atoms with E-state index in [-0.39, 0.29) is 11.6 Å². The fraction of sp³-hybridized carbons (Fsp3) is 0.385. The first-order valence-corrected chi connectivity index (χ1v) is 5.38. The Morgan fingerprint density at radius 1 is 0.900 bits per heavy atom. The Morgan fingerprint density at radius 3 is 1.50 bits per heavy atom. The van der Waals surface area contributed by atoms with Gasteiger partial charge in [-0.25, -0.2) is 0 Å². The highest BCUT2D eigenvalue weighted by Crippen LogP contribution is 2.37. The Labute approximate surface area is 112 Å². The lowest BCUT2D eigenvalue weighted by Crippen LogP contribution is -2.12. The van der Waals surface area contributed by atoms with Gasteiger partial charge in [0.1, 0.15) is 0 Å². The number of ether oxygens (including phenoxy) is 1. The van der Waals surface area contributed by atoms with Crippen molar-refractivity contribution >= 4 is 0 Å². The van der Waals surface area contributed by atoms with Crippen LogP contribution >= 0.6 is 0 Å². The van der Waals surface area contributed by atoms with Gasteiger partial charge >= 0.3 is 12.4 Å². The Hall–Kier alpha value is -1.50. The molecular formula is C13H14F6O. The Balaban J connectivity index is 0.00000172. The summed E-state index contributed by atoms with van der Waals surface area (Å²) in [5.74, 6) is 0. The van der Waals surface area contributed by atoms with Gasteiger partial charge in [-0.1, -0.05) is 0 Å². The highest BCUT2D eigenvalue weighted by molar-refractivity contribution is 5.34. The van der Waals surface area contributed by atoms with Crippen LogP contribution in [-0.4, -0.2) is 7.11 Å². The summed E-state index contributed by atoms with van der Waals surface area (Å²) in [5.41, 5.74) is -2.84. The molecule has 0 aliphatic rings. The summed E-state index contributed by atoms with van der Waals surface area (Å²) in [5, 5.41) is 0.